The zero-order valence-corrected chi connectivity index (χ0v) is 20.1. The van der Waals surface area contributed by atoms with E-state index in [1.807, 2.05) is 66.7 Å². The van der Waals surface area contributed by atoms with Gasteiger partial charge in [-0.05, 0) is 48.0 Å². The molecule has 9 heteroatoms. The first-order valence-electron chi connectivity index (χ1n) is 10.3. The second-order valence-corrected chi connectivity index (χ2v) is 9.95. The molecule has 1 saturated heterocycles. The zero-order valence-electron chi connectivity index (χ0n) is 17.6. The maximum Gasteiger partial charge on any atom is 0.270 e. The molecule has 0 spiro atoms. The number of anilines is 2. The molecule has 1 fully saturated rings. The summed E-state index contributed by atoms with van der Waals surface area (Å²) in [5, 5.41) is 3.30. The molecule has 1 aliphatic heterocycles. The number of thioether (sulfide) groups is 1. The van der Waals surface area contributed by atoms with Crippen molar-refractivity contribution in [2.45, 2.75) is 0 Å². The van der Waals surface area contributed by atoms with Crippen molar-refractivity contribution in [1.82, 2.24) is 4.98 Å². The average molecular weight is 504 g/mol. The largest absolute Gasteiger partial charge is 0.484 e. The SMILES string of the molecule is O=C(COc1ccc(/C=C2\SC(=S)N(c3ccccc3)C2=O)cc1)Nc1nc2ccccc2s1. The van der Waals surface area contributed by atoms with Gasteiger partial charge >= 0.3 is 0 Å². The van der Waals surface area contributed by atoms with E-state index in [4.69, 9.17) is 17.0 Å². The molecule has 0 radical (unpaired) electrons. The molecule has 0 aliphatic carbocycles. The van der Waals surface area contributed by atoms with Crippen LogP contribution in [-0.4, -0.2) is 27.7 Å². The Morgan fingerprint density at radius 2 is 1.76 bits per heavy atom. The van der Waals surface area contributed by atoms with Gasteiger partial charge in [0.05, 0.1) is 20.8 Å². The number of hydrogen-bond acceptors (Lipinski definition) is 7. The van der Waals surface area contributed by atoms with Crippen LogP contribution < -0.4 is 15.0 Å². The van der Waals surface area contributed by atoms with Crippen LogP contribution in [-0.2, 0) is 9.59 Å². The van der Waals surface area contributed by atoms with Gasteiger partial charge < -0.3 is 4.74 Å². The van der Waals surface area contributed by atoms with Gasteiger partial charge in [0.1, 0.15) is 5.75 Å². The van der Waals surface area contributed by atoms with Gasteiger partial charge in [-0.2, -0.15) is 0 Å². The van der Waals surface area contributed by atoms with Crippen LogP contribution in [0.5, 0.6) is 5.75 Å². The summed E-state index contributed by atoms with van der Waals surface area (Å²) >= 11 is 8.09. The van der Waals surface area contributed by atoms with E-state index in [1.54, 1.807) is 18.2 Å². The molecule has 4 aromatic rings. The quantitative estimate of drug-likeness (QED) is 0.268. The Morgan fingerprint density at radius 3 is 2.53 bits per heavy atom. The minimum atomic E-state index is -0.285. The molecular formula is C25H17N3O3S3. The standard InChI is InChI=1S/C25H17N3O3S3/c29-22(27-24-26-19-8-4-5-9-20(19)33-24)15-31-18-12-10-16(11-13-18)14-21-23(30)28(25(32)34-21)17-6-2-1-3-7-17/h1-14H,15H2,(H,26,27,29)/b21-14-. The third-order valence-corrected chi connectivity index (χ3v) is 7.15. The number of ether oxygens (including phenoxy) is 1. The third-order valence-electron chi connectivity index (χ3n) is 4.90. The van der Waals surface area contributed by atoms with Gasteiger partial charge in [-0.25, -0.2) is 4.98 Å². The van der Waals surface area contributed by atoms with Gasteiger partial charge in [-0.1, -0.05) is 77.8 Å². The lowest BCUT2D eigenvalue weighted by atomic mass is 10.2. The fourth-order valence-corrected chi connectivity index (χ4v) is 5.49. The van der Waals surface area contributed by atoms with Gasteiger partial charge in [-0.3, -0.25) is 19.8 Å². The average Bonchev–Trinajstić information content (AvgIpc) is 3.38. The van der Waals surface area contributed by atoms with Crippen molar-refractivity contribution in [2.75, 3.05) is 16.8 Å². The lowest BCUT2D eigenvalue weighted by molar-refractivity contribution is -0.118. The molecule has 168 valence electrons. The van der Waals surface area contributed by atoms with E-state index in [1.165, 1.54) is 28.0 Å². The Hall–Kier alpha value is -3.53. The number of thiocarbonyl (C=S) groups is 1. The van der Waals surface area contributed by atoms with Crippen molar-refractivity contribution in [3.8, 4) is 5.75 Å². The maximum absolute atomic E-state index is 12.8. The van der Waals surface area contributed by atoms with Crippen LogP contribution in [0.3, 0.4) is 0 Å². The van der Waals surface area contributed by atoms with Crippen molar-refractivity contribution in [1.29, 1.82) is 0 Å². The van der Waals surface area contributed by atoms with Crippen LogP contribution in [0.1, 0.15) is 5.56 Å². The van der Waals surface area contributed by atoms with Crippen LogP contribution in [0.25, 0.3) is 16.3 Å². The molecule has 1 aliphatic rings. The van der Waals surface area contributed by atoms with Crippen molar-refractivity contribution < 1.29 is 14.3 Å². The Labute approximate surface area is 209 Å². The normalized spacial score (nSPS) is 14.7. The lowest BCUT2D eigenvalue weighted by Gasteiger charge is -2.13. The van der Waals surface area contributed by atoms with Crippen molar-refractivity contribution in [3.63, 3.8) is 0 Å². The van der Waals surface area contributed by atoms with Gasteiger partial charge in [-0.15, -0.1) is 0 Å². The number of carbonyl (C=O) groups excluding carboxylic acids is 2. The number of carbonyl (C=O) groups is 2. The Kier molecular flexibility index (Phi) is 6.39. The fraction of sp³-hybridized carbons (Fsp3) is 0.0400. The van der Waals surface area contributed by atoms with E-state index < -0.39 is 0 Å². The topological polar surface area (TPSA) is 71.5 Å². The highest BCUT2D eigenvalue weighted by Gasteiger charge is 2.33. The number of hydrogen-bond donors (Lipinski definition) is 1. The number of aromatic nitrogens is 1. The van der Waals surface area contributed by atoms with E-state index in [0.717, 1.165) is 21.5 Å². The highest BCUT2D eigenvalue weighted by atomic mass is 32.2. The van der Waals surface area contributed by atoms with E-state index in [0.29, 0.717) is 20.1 Å². The fourth-order valence-electron chi connectivity index (χ4n) is 3.31. The first-order chi connectivity index (χ1) is 16.6. The first kappa shape index (κ1) is 22.3. The summed E-state index contributed by atoms with van der Waals surface area (Å²) in [6, 6.07) is 24.2. The smallest absolute Gasteiger partial charge is 0.270 e. The summed E-state index contributed by atoms with van der Waals surface area (Å²) in [6.45, 7) is -0.134. The number of thiazole rings is 1. The number of fused-ring (bicyclic) bond motifs is 1. The molecule has 0 bridgehead atoms. The second kappa shape index (κ2) is 9.76. The minimum absolute atomic E-state index is 0.134. The number of amides is 2. The Balaban J connectivity index is 1.19. The summed E-state index contributed by atoms with van der Waals surface area (Å²) in [5.74, 6) is 0.120. The van der Waals surface area contributed by atoms with Gasteiger partial charge in [0.15, 0.2) is 16.1 Å². The Morgan fingerprint density at radius 1 is 1.03 bits per heavy atom. The minimum Gasteiger partial charge on any atom is -0.484 e. The van der Waals surface area contributed by atoms with Crippen molar-refractivity contribution >= 4 is 78.6 Å². The van der Waals surface area contributed by atoms with Gasteiger partial charge in [0, 0.05) is 0 Å². The lowest BCUT2D eigenvalue weighted by Crippen LogP contribution is -2.27. The molecular weight excluding hydrogens is 486 g/mol. The second-order valence-electron chi connectivity index (χ2n) is 7.25. The number of rotatable bonds is 6. The molecule has 3 aromatic carbocycles. The first-order valence-corrected chi connectivity index (χ1v) is 12.3. The zero-order chi connectivity index (χ0) is 23.5. The molecule has 2 amide bonds. The number of para-hydroxylation sites is 2. The molecule has 34 heavy (non-hydrogen) atoms. The number of nitrogens with one attached hydrogen (secondary N) is 1. The summed E-state index contributed by atoms with van der Waals surface area (Å²) < 4.78 is 7.11. The molecule has 0 unspecified atom stereocenters. The van der Waals surface area contributed by atoms with Crippen LogP contribution in [0.15, 0.2) is 83.8 Å². The third kappa shape index (κ3) is 4.86. The monoisotopic (exact) mass is 503 g/mol. The van der Waals surface area contributed by atoms with Crippen LogP contribution in [0.2, 0.25) is 0 Å². The van der Waals surface area contributed by atoms with Crippen LogP contribution in [0, 0.1) is 0 Å². The Bertz CT molecular complexity index is 1380. The summed E-state index contributed by atoms with van der Waals surface area (Å²) in [6.07, 6.45) is 1.80. The summed E-state index contributed by atoms with van der Waals surface area (Å²) in [4.78, 5) is 31.6. The number of benzene rings is 3. The molecule has 1 aromatic heterocycles. The van der Waals surface area contributed by atoms with E-state index in [-0.39, 0.29) is 18.4 Å². The molecule has 2 heterocycles. The number of nitrogens with zero attached hydrogens (tertiary/aromatic N) is 2. The van der Waals surface area contributed by atoms with Crippen LogP contribution >= 0.6 is 35.3 Å². The van der Waals surface area contributed by atoms with E-state index in [9.17, 15) is 9.59 Å². The summed E-state index contributed by atoms with van der Waals surface area (Å²) in [5.41, 5.74) is 2.43. The molecule has 0 atom stereocenters. The molecule has 0 saturated carbocycles. The maximum atomic E-state index is 12.8. The molecule has 5 rings (SSSR count). The molecule has 6 nitrogen and oxygen atoms in total. The van der Waals surface area contributed by atoms with Crippen molar-refractivity contribution in [2.24, 2.45) is 0 Å². The van der Waals surface area contributed by atoms with Gasteiger partial charge in [0.2, 0.25) is 0 Å². The highest BCUT2D eigenvalue weighted by Crippen LogP contribution is 2.36. The van der Waals surface area contributed by atoms with E-state index in [2.05, 4.69) is 10.3 Å². The molecule has 1 N–H and O–H groups in total. The predicted octanol–water partition coefficient (Wildman–Crippen LogP) is 5.72. The predicted molar refractivity (Wildman–Crippen MR) is 142 cm³/mol. The van der Waals surface area contributed by atoms with Crippen LogP contribution in [0.4, 0.5) is 10.8 Å². The van der Waals surface area contributed by atoms with Crippen molar-refractivity contribution in [3.05, 3.63) is 89.3 Å². The van der Waals surface area contributed by atoms with E-state index >= 15 is 0 Å². The highest BCUT2D eigenvalue weighted by molar-refractivity contribution is 8.27. The van der Waals surface area contributed by atoms with Gasteiger partial charge in [0.25, 0.3) is 11.8 Å². The summed E-state index contributed by atoms with van der Waals surface area (Å²) in [7, 11) is 0.